The summed E-state index contributed by atoms with van der Waals surface area (Å²) in [7, 11) is 0. The van der Waals surface area contributed by atoms with Crippen molar-refractivity contribution in [1.29, 1.82) is 0 Å². The fourth-order valence-electron chi connectivity index (χ4n) is 2.86. The van der Waals surface area contributed by atoms with Crippen molar-refractivity contribution in [2.24, 2.45) is 11.8 Å². The zero-order valence-corrected chi connectivity index (χ0v) is 11.7. The molecule has 1 fully saturated rings. The second-order valence-electron chi connectivity index (χ2n) is 5.76. The molecule has 1 aliphatic carbocycles. The predicted molar refractivity (Wildman–Crippen MR) is 75.2 cm³/mol. The molecule has 1 saturated carbocycles. The minimum atomic E-state index is -0.353. The van der Waals surface area contributed by atoms with Gasteiger partial charge in [0.1, 0.15) is 5.82 Å². The number of aromatic nitrogens is 1. The topological polar surface area (TPSA) is 68.1 Å². The Morgan fingerprint density at radius 3 is 2.79 bits per heavy atom. The van der Waals surface area contributed by atoms with Crippen molar-refractivity contribution >= 4 is 11.5 Å². The Hall–Kier alpha value is -1.65. The lowest BCUT2D eigenvalue weighted by molar-refractivity contribution is -0.385. The molecule has 5 heteroatoms. The van der Waals surface area contributed by atoms with Crippen LogP contribution in [-0.2, 0) is 0 Å². The summed E-state index contributed by atoms with van der Waals surface area (Å²) in [5, 5.41) is 14.3. The summed E-state index contributed by atoms with van der Waals surface area (Å²) in [5.74, 6) is 1.96. The summed E-state index contributed by atoms with van der Waals surface area (Å²) in [5.41, 5.74) is 0.732. The smallest absolute Gasteiger partial charge is 0.277 e. The molecular weight excluding hydrogens is 242 g/mol. The molecule has 104 valence electrons. The summed E-state index contributed by atoms with van der Waals surface area (Å²) in [4.78, 5) is 14.8. The van der Waals surface area contributed by atoms with E-state index in [2.05, 4.69) is 24.1 Å². The number of hydrogen-bond acceptors (Lipinski definition) is 4. The molecule has 3 atom stereocenters. The molecule has 0 radical (unpaired) electrons. The lowest BCUT2D eigenvalue weighted by Crippen LogP contribution is -2.33. The van der Waals surface area contributed by atoms with E-state index in [4.69, 9.17) is 0 Å². The SMILES string of the molecule is Cc1cnc(NC2CCC(C)CC2C)cc1[N+](=O)[O-]. The zero-order chi connectivity index (χ0) is 14.0. The molecule has 0 bridgehead atoms. The average Bonchev–Trinajstić information content (AvgIpc) is 2.34. The molecule has 1 aromatic rings. The Morgan fingerprint density at radius 2 is 2.16 bits per heavy atom. The van der Waals surface area contributed by atoms with E-state index in [1.807, 2.05) is 0 Å². The molecule has 1 N–H and O–H groups in total. The highest BCUT2D eigenvalue weighted by Gasteiger charge is 2.25. The molecule has 0 amide bonds. The molecule has 19 heavy (non-hydrogen) atoms. The maximum absolute atomic E-state index is 10.9. The number of aryl methyl sites for hydroxylation is 1. The second-order valence-corrected chi connectivity index (χ2v) is 5.76. The van der Waals surface area contributed by atoms with Crippen molar-refractivity contribution in [3.8, 4) is 0 Å². The number of pyridine rings is 1. The third-order valence-corrected chi connectivity index (χ3v) is 4.04. The summed E-state index contributed by atoms with van der Waals surface area (Å²) in [6, 6.07) is 1.91. The van der Waals surface area contributed by atoms with Gasteiger partial charge in [-0.05, 0) is 38.0 Å². The maximum Gasteiger partial charge on any atom is 0.277 e. The van der Waals surface area contributed by atoms with Gasteiger partial charge in [-0.2, -0.15) is 0 Å². The number of rotatable bonds is 3. The molecule has 0 saturated heterocycles. The molecule has 1 aliphatic rings. The third kappa shape index (κ3) is 3.22. The number of nitrogens with zero attached hydrogens (tertiary/aromatic N) is 2. The van der Waals surface area contributed by atoms with Crippen LogP contribution in [0.3, 0.4) is 0 Å². The van der Waals surface area contributed by atoms with E-state index in [0.717, 1.165) is 12.3 Å². The number of nitro groups is 1. The van der Waals surface area contributed by atoms with Crippen molar-refractivity contribution in [3.05, 3.63) is 27.9 Å². The fraction of sp³-hybridized carbons (Fsp3) is 0.643. The van der Waals surface area contributed by atoms with Crippen molar-refractivity contribution in [2.45, 2.75) is 46.1 Å². The largest absolute Gasteiger partial charge is 0.367 e. The van der Waals surface area contributed by atoms with Crippen LogP contribution >= 0.6 is 0 Å². The van der Waals surface area contributed by atoms with E-state index in [1.54, 1.807) is 19.2 Å². The minimum Gasteiger partial charge on any atom is -0.367 e. The van der Waals surface area contributed by atoms with Gasteiger partial charge in [-0.25, -0.2) is 4.98 Å². The monoisotopic (exact) mass is 263 g/mol. The van der Waals surface area contributed by atoms with E-state index in [0.29, 0.717) is 23.3 Å². The van der Waals surface area contributed by atoms with Crippen LogP contribution in [-0.4, -0.2) is 15.9 Å². The fourth-order valence-corrected chi connectivity index (χ4v) is 2.86. The first-order chi connectivity index (χ1) is 8.97. The lowest BCUT2D eigenvalue weighted by atomic mass is 9.80. The van der Waals surface area contributed by atoms with Crippen molar-refractivity contribution < 1.29 is 4.92 Å². The summed E-state index contributed by atoms with van der Waals surface area (Å²) in [6.07, 6.45) is 5.07. The molecule has 0 spiro atoms. The zero-order valence-electron chi connectivity index (χ0n) is 11.7. The van der Waals surface area contributed by atoms with Crippen LogP contribution in [0.15, 0.2) is 12.3 Å². The Morgan fingerprint density at radius 1 is 1.42 bits per heavy atom. The molecule has 1 heterocycles. The predicted octanol–water partition coefficient (Wildman–Crippen LogP) is 3.53. The third-order valence-electron chi connectivity index (χ3n) is 4.04. The van der Waals surface area contributed by atoms with Crippen molar-refractivity contribution in [2.75, 3.05) is 5.32 Å². The van der Waals surface area contributed by atoms with Gasteiger partial charge in [0, 0.05) is 17.8 Å². The Labute approximate surface area is 113 Å². The van der Waals surface area contributed by atoms with Crippen LogP contribution in [0.2, 0.25) is 0 Å². The van der Waals surface area contributed by atoms with E-state index >= 15 is 0 Å². The van der Waals surface area contributed by atoms with Crippen LogP contribution in [0.1, 0.15) is 38.7 Å². The van der Waals surface area contributed by atoms with Crippen LogP contribution in [0.4, 0.5) is 11.5 Å². The first-order valence-corrected chi connectivity index (χ1v) is 6.85. The standard InChI is InChI=1S/C14H21N3O2/c1-9-4-5-12(10(2)6-9)16-14-7-13(17(18)19)11(3)8-15-14/h7-10,12H,4-6H2,1-3H3,(H,15,16). The van der Waals surface area contributed by atoms with Crippen molar-refractivity contribution in [3.63, 3.8) is 0 Å². The summed E-state index contributed by atoms with van der Waals surface area (Å²) >= 11 is 0. The van der Waals surface area contributed by atoms with Crippen LogP contribution < -0.4 is 5.32 Å². The Bertz CT molecular complexity index is 476. The molecular formula is C14H21N3O2. The average molecular weight is 263 g/mol. The van der Waals surface area contributed by atoms with Crippen LogP contribution in [0.5, 0.6) is 0 Å². The number of nitrogens with one attached hydrogen (secondary N) is 1. The summed E-state index contributed by atoms with van der Waals surface area (Å²) < 4.78 is 0. The van der Waals surface area contributed by atoms with Gasteiger partial charge in [0.15, 0.2) is 0 Å². The molecule has 0 aliphatic heterocycles. The number of anilines is 1. The van der Waals surface area contributed by atoms with Gasteiger partial charge in [0.2, 0.25) is 0 Å². The van der Waals surface area contributed by atoms with E-state index in [1.165, 1.54) is 12.8 Å². The number of hydrogen-bond donors (Lipinski definition) is 1. The molecule has 1 aromatic heterocycles. The van der Waals surface area contributed by atoms with Crippen LogP contribution in [0.25, 0.3) is 0 Å². The van der Waals surface area contributed by atoms with Gasteiger partial charge in [-0.1, -0.05) is 13.8 Å². The first kappa shape index (κ1) is 13.8. The lowest BCUT2D eigenvalue weighted by Gasteiger charge is -2.33. The van der Waals surface area contributed by atoms with Gasteiger partial charge in [0.05, 0.1) is 11.0 Å². The van der Waals surface area contributed by atoms with Crippen LogP contribution in [0, 0.1) is 28.9 Å². The maximum atomic E-state index is 10.9. The van der Waals surface area contributed by atoms with E-state index in [9.17, 15) is 10.1 Å². The van der Waals surface area contributed by atoms with Gasteiger partial charge in [-0.3, -0.25) is 10.1 Å². The Balaban J connectivity index is 2.11. The van der Waals surface area contributed by atoms with E-state index < -0.39 is 0 Å². The summed E-state index contributed by atoms with van der Waals surface area (Å²) in [6.45, 7) is 6.22. The van der Waals surface area contributed by atoms with Gasteiger partial charge in [-0.15, -0.1) is 0 Å². The van der Waals surface area contributed by atoms with Gasteiger partial charge >= 0.3 is 0 Å². The molecule has 5 nitrogen and oxygen atoms in total. The second kappa shape index (κ2) is 5.55. The first-order valence-electron chi connectivity index (χ1n) is 6.85. The van der Waals surface area contributed by atoms with Gasteiger partial charge in [0.25, 0.3) is 5.69 Å². The minimum absolute atomic E-state index is 0.134. The van der Waals surface area contributed by atoms with Crippen molar-refractivity contribution in [1.82, 2.24) is 4.98 Å². The van der Waals surface area contributed by atoms with E-state index in [-0.39, 0.29) is 10.6 Å². The molecule has 0 aromatic carbocycles. The quantitative estimate of drug-likeness (QED) is 0.669. The van der Waals surface area contributed by atoms with Gasteiger partial charge < -0.3 is 5.32 Å². The highest BCUT2D eigenvalue weighted by molar-refractivity contribution is 5.49. The highest BCUT2D eigenvalue weighted by atomic mass is 16.6. The normalized spacial score (nSPS) is 27.0. The molecule has 3 unspecified atom stereocenters. The highest BCUT2D eigenvalue weighted by Crippen LogP contribution is 2.31. The molecule has 2 rings (SSSR count). The Kier molecular flexibility index (Phi) is 4.02.